The van der Waals surface area contributed by atoms with E-state index in [1.807, 2.05) is 24.3 Å². The van der Waals surface area contributed by atoms with Crippen LogP contribution in [-0.4, -0.2) is 19.0 Å². The van der Waals surface area contributed by atoms with Gasteiger partial charge >= 0.3 is 0 Å². The van der Waals surface area contributed by atoms with Gasteiger partial charge in [0.25, 0.3) is 0 Å². The molecule has 0 aliphatic carbocycles. The quantitative estimate of drug-likeness (QED) is 0.763. The smallest absolute Gasteiger partial charge is 0.229 e. The third-order valence-corrected chi connectivity index (χ3v) is 2.44. The van der Waals surface area contributed by atoms with Gasteiger partial charge in [0.2, 0.25) is 5.91 Å². The topological polar surface area (TPSA) is 76.7 Å². The van der Waals surface area contributed by atoms with Crippen LogP contribution in [0.4, 0.5) is 0 Å². The molecule has 1 aromatic carbocycles. The number of hydrogen-bond donors (Lipinski definition) is 2. The lowest BCUT2D eigenvalue weighted by Gasteiger charge is -2.20. The Kier molecular flexibility index (Phi) is 2.76. The van der Waals surface area contributed by atoms with Crippen molar-refractivity contribution in [3.05, 3.63) is 29.8 Å². The summed E-state index contributed by atoms with van der Waals surface area (Å²) in [4.78, 5) is 15.5. The first kappa shape index (κ1) is 10.5. The SMILES string of the molecule is COc1ccccc1C1CC(=O)NC(N)=N1. The molecule has 1 heterocycles. The van der Waals surface area contributed by atoms with Gasteiger partial charge in [-0.1, -0.05) is 18.2 Å². The molecule has 84 valence electrons. The highest BCUT2D eigenvalue weighted by Gasteiger charge is 2.23. The van der Waals surface area contributed by atoms with Crippen LogP contribution in [0.25, 0.3) is 0 Å². The predicted octanol–water partition coefficient (Wildman–Crippen LogP) is 0.571. The zero-order chi connectivity index (χ0) is 11.5. The molecule has 0 saturated carbocycles. The van der Waals surface area contributed by atoms with Crippen molar-refractivity contribution in [3.63, 3.8) is 0 Å². The van der Waals surface area contributed by atoms with Crippen LogP contribution >= 0.6 is 0 Å². The summed E-state index contributed by atoms with van der Waals surface area (Å²) in [5.74, 6) is 0.759. The lowest BCUT2D eigenvalue weighted by atomic mass is 10.0. The second kappa shape index (κ2) is 4.22. The van der Waals surface area contributed by atoms with Crippen LogP contribution in [0.5, 0.6) is 5.75 Å². The first-order chi connectivity index (χ1) is 7.70. The first-order valence-electron chi connectivity index (χ1n) is 4.96. The Morgan fingerprint density at radius 3 is 2.94 bits per heavy atom. The largest absolute Gasteiger partial charge is 0.496 e. The van der Waals surface area contributed by atoms with Crippen LogP contribution < -0.4 is 15.8 Å². The number of methoxy groups -OCH3 is 1. The molecule has 5 heteroatoms. The van der Waals surface area contributed by atoms with Crippen LogP contribution in [0.15, 0.2) is 29.3 Å². The maximum Gasteiger partial charge on any atom is 0.229 e. The van der Waals surface area contributed by atoms with E-state index in [1.54, 1.807) is 7.11 Å². The summed E-state index contributed by atoms with van der Waals surface area (Å²) >= 11 is 0. The molecule has 0 aromatic heterocycles. The molecule has 2 rings (SSSR count). The van der Waals surface area contributed by atoms with Gasteiger partial charge < -0.3 is 10.5 Å². The first-order valence-corrected chi connectivity index (χ1v) is 4.96. The van der Waals surface area contributed by atoms with E-state index in [1.165, 1.54) is 0 Å². The van der Waals surface area contributed by atoms with Gasteiger partial charge in [-0.15, -0.1) is 0 Å². The summed E-state index contributed by atoms with van der Waals surface area (Å²) in [5.41, 5.74) is 6.40. The van der Waals surface area contributed by atoms with Gasteiger partial charge in [-0.25, -0.2) is 4.99 Å². The summed E-state index contributed by atoms with van der Waals surface area (Å²) in [5, 5.41) is 2.46. The third kappa shape index (κ3) is 1.98. The number of aliphatic imine (C=N–C) groups is 1. The predicted molar refractivity (Wildman–Crippen MR) is 60.1 cm³/mol. The van der Waals surface area contributed by atoms with Crippen LogP contribution in [-0.2, 0) is 4.79 Å². The van der Waals surface area contributed by atoms with Crippen LogP contribution in [0.2, 0.25) is 0 Å². The molecule has 3 N–H and O–H groups in total. The van der Waals surface area contributed by atoms with E-state index in [0.29, 0.717) is 6.42 Å². The average molecular weight is 219 g/mol. The molecule has 5 nitrogen and oxygen atoms in total. The molecule has 1 aromatic rings. The molecule has 1 unspecified atom stereocenters. The lowest BCUT2D eigenvalue weighted by Crippen LogP contribution is -2.41. The fraction of sp³-hybridized carbons (Fsp3) is 0.273. The third-order valence-electron chi connectivity index (χ3n) is 2.44. The van der Waals surface area contributed by atoms with Gasteiger partial charge in [-0.3, -0.25) is 10.1 Å². The van der Waals surface area contributed by atoms with E-state index >= 15 is 0 Å². The van der Waals surface area contributed by atoms with Crippen LogP contribution in [0, 0.1) is 0 Å². The van der Waals surface area contributed by atoms with E-state index in [-0.39, 0.29) is 17.9 Å². The molecule has 0 saturated heterocycles. The molecule has 0 fully saturated rings. The van der Waals surface area contributed by atoms with Crippen molar-refractivity contribution in [1.29, 1.82) is 0 Å². The molecule has 1 aliphatic heterocycles. The number of rotatable bonds is 2. The minimum absolute atomic E-state index is 0.122. The molecule has 1 aliphatic rings. The Bertz CT molecular complexity index is 443. The number of nitrogens with zero attached hydrogens (tertiary/aromatic N) is 1. The normalized spacial score (nSPS) is 19.9. The molecule has 0 bridgehead atoms. The van der Waals surface area contributed by atoms with Crippen molar-refractivity contribution < 1.29 is 9.53 Å². The number of amides is 1. The Labute approximate surface area is 93.3 Å². The van der Waals surface area contributed by atoms with Crippen LogP contribution in [0.1, 0.15) is 18.0 Å². The van der Waals surface area contributed by atoms with Crippen molar-refractivity contribution in [3.8, 4) is 5.75 Å². The van der Waals surface area contributed by atoms with Crippen molar-refractivity contribution in [2.75, 3.05) is 7.11 Å². The molecular formula is C11H13N3O2. The van der Waals surface area contributed by atoms with Crippen molar-refractivity contribution in [2.24, 2.45) is 10.7 Å². The van der Waals surface area contributed by atoms with E-state index in [4.69, 9.17) is 10.5 Å². The highest BCUT2D eigenvalue weighted by Crippen LogP contribution is 2.30. The van der Waals surface area contributed by atoms with Crippen LogP contribution in [0.3, 0.4) is 0 Å². The summed E-state index contributed by atoms with van der Waals surface area (Å²) in [6.07, 6.45) is 0.293. The number of hydrogen-bond acceptors (Lipinski definition) is 4. The van der Waals surface area contributed by atoms with Crippen molar-refractivity contribution in [2.45, 2.75) is 12.5 Å². The maximum atomic E-state index is 11.3. The Morgan fingerprint density at radius 2 is 2.25 bits per heavy atom. The van der Waals surface area contributed by atoms with E-state index in [0.717, 1.165) is 11.3 Å². The second-order valence-electron chi connectivity index (χ2n) is 3.52. The zero-order valence-electron chi connectivity index (χ0n) is 8.93. The fourth-order valence-corrected chi connectivity index (χ4v) is 1.74. The molecule has 0 radical (unpaired) electrons. The highest BCUT2D eigenvalue weighted by atomic mass is 16.5. The fourth-order valence-electron chi connectivity index (χ4n) is 1.74. The standard InChI is InChI=1S/C11H13N3O2/c1-16-9-5-3-2-4-7(9)8-6-10(15)14-11(12)13-8/h2-5,8H,6H2,1H3,(H3,12,13,14,15). The number of para-hydroxylation sites is 1. The lowest BCUT2D eigenvalue weighted by molar-refractivity contribution is -0.120. The van der Waals surface area contributed by atoms with E-state index < -0.39 is 0 Å². The summed E-state index contributed by atoms with van der Waals surface area (Å²) in [6, 6.07) is 7.23. The van der Waals surface area contributed by atoms with E-state index in [2.05, 4.69) is 10.3 Å². The van der Waals surface area contributed by atoms with Crippen molar-refractivity contribution in [1.82, 2.24) is 5.32 Å². The molecule has 1 amide bonds. The highest BCUT2D eigenvalue weighted by molar-refractivity contribution is 5.98. The number of guanidine groups is 1. The second-order valence-corrected chi connectivity index (χ2v) is 3.52. The Balaban J connectivity index is 2.36. The van der Waals surface area contributed by atoms with Gasteiger partial charge in [-0.05, 0) is 6.07 Å². The Morgan fingerprint density at radius 1 is 1.50 bits per heavy atom. The minimum Gasteiger partial charge on any atom is -0.496 e. The average Bonchev–Trinajstić information content (AvgIpc) is 2.27. The molecule has 0 spiro atoms. The molecule has 16 heavy (non-hydrogen) atoms. The van der Waals surface area contributed by atoms with Gasteiger partial charge in [0.05, 0.1) is 19.6 Å². The van der Waals surface area contributed by atoms with Gasteiger partial charge in [0, 0.05) is 5.56 Å². The van der Waals surface area contributed by atoms with Gasteiger partial charge in [0.15, 0.2) is 5.96 Å². The summed E-state index contributed by atoms with van der Waals surface area (Å²) in [6.45, 7) is 0. The van der Waals surface area contributed by atoms with E-state index in [9.17, 15) is 4.79 Å². The number of carbonyl (C=O) groups excluding carboxylic acids is 1. The zero-order valence-corrected chi connectivity index (χ0v) is 8.93. The number of carbonyl (C=O) groups is 1. The number of nitrogens with one attached hydrogen (secondary N) is 1. The summed E-state index contributed by atoms with van der Waals surface area (Å²) in [7, 11) is 1.59. The minimum atomic E-state index is -0.259. The molecular weight excluding hydrogens is 206 g/mol. The number of nitrogens with two attached hydrogens (primary N) is 1. The number of ether oxygens (including phenoxy) is 1. The van der Waals surface area contributed by atoms with Crippen molar-refractivity contribution >= 4 is 11.9 Å². The van der Waals surface area contributed by atoms with Gasteiger partial charge in [0.1, 0.15) is 5.75 Å². The maximum absolute atomic E-state index is 11.3. The Hall–Kier alpha value is -2.04. The van der Waals surface area contributed by atoms with Gasteiger partial charge in [-0.2, -0.15) is 0 Å². The number of benzene rings is 1. The monoisotopic (exact) mass is 219 g/mol. The summed E-state index contributed by atoms with van der Waals surface area (Å²) < 4.78 is 5.23. The molecule has 1 atom stereocenters.